The maximum Gasteiger partial charge on any atom is 0.139 e. The Balaban J connectivity index is 2.24. The summed E-state index contributed by atoms with van der Waals surface area (Å²) < 4.78 is 0. The van der Waals surface area contributed by atoms with Gasteiger partial charge in [-0.3, -0.25) is 0 Å². The lowest BCUT2D eigenvalue weighted by Gasteiger charge is -2.01. The van der Waals surface area contributed by atoms with Crippen LogP contribution in [-0.4, -0.2) is 7.85 Å². The molecule has 0 spiro atoms. The lowest BCUT2D eigenvalue weighted by molar-refractivity contribution is 1.25. The molecule has 0 bridgehead atoms. The first-order valence-electron chi connectivity index (χ1n) is 5.43. The zero-order chi connectivity index (χ0) is 10.4. The van der Waals surface area contributed by atoms with Crippen molar-refractivity contribution < 1.29 is 0 Å². The largest absolute Gasteiger partial charge is 0.139 e. The minimum absolute atomic E-state index is 1.11. The van der Waals surface area contributed by atoms with Gasteiger partial charge < -0.3 is 0 Å². The first-order chi connectivity index (χ1) is 7.24. The van der Waals surface area contributed by atoms with Gasteiger partial charge in [0.05, 0.1) is 0 Å². The van der Waals surface area contributed by atoms with Crippen LogP contribution in [0.4, 0.5) is 0 Å². The molecule has 72 valence electrons. The van der Waals surface area contributed by atoms with Crippen molar-refractivity contribution in [2.24, 2.45) is 0 Å². The molecule has 0 aromatic heterocycles. The van der Waals surface area contributed by atoms with Crippen LogP contribution in [0.1, 0.15) is 16.7 Å². The van der Waals surface area contributed by atoms with Gasteiger partial charge in [-0.15, -0.1) is 0 Å². The predicted octanol–water partition coefficient (Wildman–Crippen LogP) is 1.82. The second-order valence-corrected chi connectivity index (χ2v) is 4.50. The molecule has 0 N–H and O–H groups in total. The lowest BCUT2D eigenvalue weighted by Crippen LogP contribution is -2.01. The van der Waals surface area contributed by atoms with Crippen molar-refractivity contribution in [3.63, 3.8) is 0 Å². The maximum absolute atomic E-state index is 2.31. The third-order valence-electron chi connectivity index (χ3n) is 3.19. The smallest absolute Gasteiger partial charge is 0.0886 e. The Labute approximate surface area is 91.4 Å². The minimum Gasteiger partial charge on any atom is -0.0886 e. The van der Waals surface area contributed by atoms with Crippen LogP contribution in [0.15, 0.2) is 36.4 Å². The van der Waals surface area contributed by atoms with Crippen LogP contribution in [0.2, 0.25) is 0 Å². The van der Waals surface area contributed by atoms with Gasteiger partial charge in [0, 0.05) is 0 Å². The van der Waals surface area contributed by atoms with Gasteiger partial charge in [-0.25, -0.2) is 0 Å². The third-order valence-corrected chi connectivity index (χ3v) is 3.19. The van der Waals surface area contributed by atoms with E-state index >= 15 is 0 Å². The van der Waals surface area contributed by atoms with E-state index in [-0.39, 0.29) is 0 Å². The molecule has 0 atom stereocenters. The third kappa shape index (κ3) is 1.31. The highest BCUT2D eigenvalue weighted by Crippen LogP contribution is 2.36. The Kier molecular flexibility index (Phi) is 1.75. The number of hydrogen-bond donors (Lipinski definition) is 0. The summed E-state index contributed by atoms with van der Waals surface area (Å²) in [4.78, 5) is 0. The van der Waals surface area contributed by atoms with Crippen molar-refractivity contribution in [3.05, 3.63) is 53.1 Å². The quantitative estimate of drug-likeness (QED) is 0.476. The van der Waals surface area contributed by atoms with Gasteiger partial charge in [-0.05, 0) is 35.6 Å². The molecule has 1 aliphatic rings. The highest BCUT2D eigenvalue weighted by atomic mass is 14.2. The molecule has 0 saturated heterocycles. The van der Waals surface area contributed by atoms with Crippen LogP contribution in [0.5, 0.6) is 0 Å². The summed E-state index contributed by atoms with van der Waals surface area (Å²) in [5.74, 6) is 0. The van der Waals surface area contributed by atoms with Crippen LogP contribution in [0.25, 0.3) is 11.1 Å². The molecule has 0 aliphatic heterocycles. The molecule has 0 heterocycles. The second-order valence-electron chi connectivity index (χ2n) is 4.50. The maximum atomic E-state index is 2.31. The van der Waals surface area contributed by atoms with E-state index < -0.39 is 0 Å². The summed E-state index contributed by atoms with van der Waals surface area (Å²) in [6.45, 7) is 2.16. The lowest BCUT2D eigenvalue weighted by atomic mass is 9.92. The van der Waals surface area contributed by atoms with Crippen LogP contribution in [-0.2, 0) is 6.42 Å². The van der Waals surface area contributed by atoms with Gasteiger partial charge >= 0.3 is 0 Å². The molecule has 3 rings (SSSR count). The van der Waals surface area contributed by atoms with E-state index in [1.54, 1.807) is 0 Å². The molecule has 0 nitrogen and oxygen atoms in total. The summed E-state index contributed by atoms with van der Waals surface area (Å²) in [6.07, 6.45) is 1.11. The molecule has 0 saturated carbocycles. The number of hydrogen-bond acceptors (Lipinski definition) is 0. The van der Waals surface area contributed by atoms with E-state index in [9.17, 15) is 0 Å². The monoisotopic (exact) mass is 192 g/mol. The zero-order valence-electron chi connectivity index (χ0n) is 9.17. The van der Waals surface area contributed by atoms with Crippen molar-refractivity contribution in [2.75, 3.05) is 0 Å². The molecular formula is C14H13B. The molecule has 0 unspecified atom stereocenters. The minimum atomic E-state index is 1.11. The van der Waals surface area contributed by atoms with E-state index in [1.165, 1.54) is 33.3 Å². The van der Waals surface area contributed by atoms with Crippen molar-refractivity contribution in [1.29, 1.82) is 0 Å². The van der Waals surface area contributed by atoms with Crippen molar-refractivity contribution >= 4 is 13.3 Å². The summed E-state index contributed by atoms with van der Waals surface area (Å²) in [7, 11) is 2.16. The average Bonchev–Trinajstić information content (AvgIpc) is 2.53. The van der Waals surface area contributed by atoms with E-state index in [0.29, 0.717) is 0 Å². The Morgan fingerprint density at radius 3 is 2.40 bits per heavy atom. The van der Waals surface area contributed by atoms with Gasteiger partial charge in [-0.2, -0.15) is 0 Å². The molecule has 0 radical (unpaired) electrons. The van der Waals surface area contributed by atoms with Gasteiger partial charge in [-0.1, -0.05) is 47.4 Å². The van der Waals surface area contributed by atoms with Gasteiger partial charge in [0.2, 0.25) is 0 Å². The second kappa shape index (κ2) is 3.00. The molecule has 0 fully saturated rings. The van der Waals surface area contributed by atoms with Crippen LogP contribution < -0.4 is 5.46 Å². The molecule has 2 aromatic carbocycles. The highest BCUT2D eigenvalue weighted by Gasteiger charge is 2.17. The number of rotatable bonds is 0. The van der Waals surface area contributed by atoms with Crippen LogP contribution in [0, 0.1) is 6.92 Å². The van der Waals surface area contributed by atoms with Crippen molar-refractivity contribution in [2.45, 2.75) is 13.3 Å². The van der Waals surface area contributed by atoms with Crippen molar-refractivity contribution in [1.82, 2.24) is 0 Å². The molecule has 1 heteroatoms. The van der Waals surface area contributed by atoms with Gasteiger partial charge in [0.25, 0.3) is 0 Å². The Morgan fingerprint density at radius 2 is 1.60 bits per heavy atom. The summed E-state index contributed by atoms with van der Waals surface area (Å²) >= 11 is 0. The van der Waals surface area contributed by atoms with Crippen LogP contribution in [0.3, 0.4) is 0 Å². The number of fused-ring (bicyclic) bond motifs is 3. The van der Waals surface area contributed by atoms with Crippen LogP contribution >= 0.6 is 0 Å². The van der Waals surface area contributed by atoms with E-state index in [0.717, 1.165) is 6.42 Å². The highest BCUT2D eigenvalue weighted by molar-refractivity contribution is 6.32. The first kappa shape index (κ1) is 8.78. The first-order valence-corrected chi connectivity index (χ1v) is 5.43. The van der Waals surface area contributed by atoms with Crippen molar-refractivity contribution in [3.8, 4) is 11.1 Å². The molecule has 15 heavy (non-hydrogen) atoms. The summed E-state index contributed by atoms with van der Waals surface area (Å²) in [5.41, 5.74) is 8.54. The zero-order valence-corrected chi connectivity index (χ0v) is 9.17. The molecule has 2 aromatic rings. The molecule has 1 aliphatic carbocycles. The van der Waals surface area contributed by atoms with E-state index in [1.807, 2.05) is 0 Å². The average molecular weight is 192 g/mol. The topological polar surface area (TPSA) is 0 Å². The standard InChI is InChI=1S/C14H13B/c1-9-2-4-13-10(6-9)7-11-8-12(15)3-5-14(11)13/h2-6,8H,7,15H2,1H3. The predicted molar refractivity (Wildman–Crippen MR) is 67.6 cm³/mol. The fourth-order valence-corrected chi connectivity index (χ4v) is 2.47. The van der Waals surface area contributed by atoms with Gasteiger partial charge in [0.1, 0.15) is 7.85 Å². The van der Waals surface area contributed by atoms with E-state index in [2.05, 4.69) is 51.2 Å². The Hall–Kier alpha value is -1.50. The normalized spacial score (nSPS) is 12.3. The van der Waals surface area contributed by atoms with E-state index in [4.69, 9.17) is 0 Å². The Bertz CT molecular complexity index is 492. The SMILES string of the molecule is Bc1ccc2c(c1)Cc1cc(C)ccc1-2. The molecular weight excluding hydrogens is 179 g/mol. The summed E-state index contributed by atoms with van der Waals surface area (Å²) in [6, 6.07) is 13.5. The van der Waals surface area contributed by atoms with Gasteiger partial charge in [0.15, 0.2) is 0 Å². The number of aryl methyl sites for hydroxylation is 1. The number of benzene rings is 2. The Morgan fingerprint density at radius 1 is 0.933 bits per heavy atom. The summed E-state index contributed by atoms with van der Waals surface area (Å²) in [5, 5.41) is 0. The fraction of sp³-hybridized carbons (Fsp3) is 0.143. The fourth-order valence-electron chi connectivity index (χ4n) is 2.47. The molecule has 0 amide bonds.